The Morgan fingerprint density at radius 3 is 2.68 bits per heavy atom. The number of ether oxygens (including phenoxy) is 1. The van der Waals surface area contributed by atoms with Crippen molar-refractivity contribution in [1.29, 1.82) is 0 Å². The van der Waals surface area contributed by atoms with E-state index in [2.05, 4.69) is 16.5 Å². The van der Waals surface area contributed by atoms with Crippen LogP contribution in [0.2, 0.25) is 0 Å². The lowest BCUT2D eigenvalue weighted by molar-refractivity contribution is -0.132. The van der Waals surface area contributed by atoms with Gasteiger partial charge in [0.25, 0.3) is 0 Å². The van der Waals surface area contributed by atoms with Gasteiger partial charge in [0.1, 0.15) is 17.9 Å². The molecule has 0 aliphatic carbocycles. The van der Waals surface area contributed by atoms with Crippen LogP contribution in [0, 0.1) is 6.92 Å². The summed E-state index contributed by atoms with van der Waals surface area (Å²) in [5.74, 6) is 0.573. The van der Waals surface area contributed by atoms with Crippen molar-refractivity contribution in [3.05, 3.63) is 82.0 Å². The van der Waals surface area contributed by atoms with Gasteiger partial charge in [-0.1, -0.05) is 12.6 Å². The molecule has 4 rings (SSSR count). The number of pyridine rings is 1. The third-order valence-corrected chi connectivity index (χ3v) is 6.21. The van der Waals surface area contributed by atoms with Gasteiger partial charge in [0, 0.05) is 62.5 Å². The molecule has 7 nitrogen and oxygen atoms in total. The van der Waals surface area contributed by atoms with Gasteiger partial charge in [0.2, 0.25) is 5.91 Å². The number of hydrogen-bond acceptors (Lipinski definition) is 6. The van der Waals surface area contributed by atoms with Crippen LogP contribution in [0.15, 0.2) is 64.0 Å². The molecule has 1 amide bonds. The Balaban J connectivity index is 1.37. The summed E-state index contributed by atoms with van der Waals surface area (Å²) in [6.07, 6.45) is 2.76. The molecule has 1 fully saturated rings. The van der Waals surface area contributed by atoms with Crippen molar-refractivity contribution in [3.8, 4) is 5.75 Å². The molecule has 0 spiro atoms. The van der Waals surface area contributed by atoms with Crippen LogP contribution in [0.3, 0.4) is 0 Å². The van der Waals surface area contributed by atoms with Crippen molar-refractivity contribution < 1.29 is 13.9 Å². The zero-order valence-corrected chi connectivity index (χ0v) is 19.9. The zero-order valence-electron chi connectivity index (χ0n) is 19.9. The van der Waals surface area contributed by atoms with E-state index in [4.69, 9.17) is 9.15 Å². The molecular formula is C27H31N3O4. The summed E-state index contributed by atoms with van der Waals surface area (Å²) in [6, 6.07) is 11.4. The van der Waals surface area contributed by atoms with Crippen molar-refractivity contribution in [2.45, 2.75) is 26.7 Å². The Morgan fingerprint density at radius 2 is 1.97 bits per heavy atom. The molecule has 2 aromatic heterocycles. The molecule has 0 bridgehead atoms. The van der Waals surface area contributed by atoms with Gasteiger partial charge in [0.05, 0.1) is 12.0 Å². The van der Waals surface area contributed by atoms with Crippen molar-refractivity contribution in [2.75, 3.05) is 39.3 Å². The van der Waals surface area contributed by atoms with Crippen LogP contribution in [-0.4, -0.2) is 60.0 Å². The highest BCUT2D eigenvalue weighted by molar-refractivity contribution is 5.85. The fourth-order valence-corrected chi connectivity index (χ4v) is 4.18. The average molecular weight is 462 g/mol. The minimum Gasteiger partial charge on any atom is -0.489 e. The minimum atomic E-state index is -0.468. The van der Waals surface area contributed by atoms with E-state index in [0.717, 1.165) is 48.3 Å². The van der Waals surface area contributed by atoms with Gasteiger partial charge in [-0.15, -0.1) is 0 Å². The van der Waals surface area contributed by atoms with Crippen LogP contribution in [0.5, 0.6) is 5.75 Å². The first-order chi connectivity index (χ1) is 16.4. The molecule has 1 aliphatic rings. The summed E-state index contributed by atoms with van der Waals surface area (Å²) >= 11 is 0. The number of aromatic nitrogens is 1. The van der Waals surface area contributed by atoms with Crippen LogP contribution >= 0.6 is 0 Å². The maximum absolute atomic E-state index is 13.0. The van der Waals surface area contributed by atoms with Crippen molar-refractivity contribution in [1.82, 2.24) is 14.8 Å². The predicted molar refractivity (Wildman–Crippen MR) is 132 cm³/mol. The number of piperazine rings is 1. The second-order valence-electron chi connectivity index (χ2n) is 8.87. The number of rotatable bonds is 8. The number of nitrogens with zero attached hydrogens (tertiary/aromatic N) is 3. The van der Waals surface area contributed by atoms with Crippen molar-refractivity contribution in [3.63, 3.8) is 0 Å². The van der Waals surface area contributed by atoms with E-state index >= 15 is 0 Å². The lowest BCUT2D eigenvalue weighted by Crippen LogP contribution is -2.49. The second-order valence-corrected chi connectivity index (χ2v) is 8.87. The minimum absolute atomic E-state index is 0.0412. The third kappa shape index (κ3) is 5.72. The quantitative estimate of drug-likeness (QED) is 0.378. The summed E-state index contributed by atoms with van der Waals surface area (Å²) in [6.45, 7) is 11.8. The lowest BCUT2D eigenvalue weighted by Gasteiger charge is -2.34. The number of fused-ring (bicyclic) bond motifs is 1. The molecular weight excluding hydrogens is 430 g/mol. The molecule has 3 heterocycles. The predicted octanol–water partition coefficient (Wildman–Crippen LogP) is 3.38. The lowest BCUT2D eigenvalue weighted by atomic mass is 10.0. The number of carbonyl (C=O) groups is 1. The van der Waals surface area contributed by atoms with Crippen molar-refractivity contribution in [2.24, 2.45) is 0 Å². The summed E-state index contributed by atoms with van der Waals surface area (Å²) < 4.78 is 11.2. The second kappa shape index (κ2) is 10.7. The van der Waals surface area contributed by atoms with E-state index < -0.39 is 5.63 Å². The number of hydrogen-bond donors (Lipinski definition) is 0. The first-order valence-electron chi connectivity index (χ1n) is 11.6. The number of carbonyl (C=O) groups excluding carboxylic acids is 1. The highest BCUT2D eigenvalue weighted by Gasteiger charge is 2.23. The normalized spacial score (nSPS) is 14.4. The van der Waals surface area contributed by atoms with Crippen LogP contribution in [0.25, 0.3) is 11.0 Å². The van der Waals surface area contributed by atoms with E-state index in [1.807, 2.05) is 55.3 Å². The smallest absolute Gasteiger partial charge is 0.340 e. The molecule has 178 valence electrons. The highest BCUT2D eigenvalue weighted by atomic mass is 16.5. The van der Waals surface area contributed by atoms with Crippen LogP contribution in [0.4, 0.5) is 0 Å². The van der Waals surface area contributed by atoms with Crippen LogP contribution in [0.1, 0.15) is 23.7 Å². The molecule has 0 unspecified atom stereocenters. The van der Waals surface area contributed by atoms with Gasteiger partial charge in [0.15, 0.2) is 0 Å². The fraction of sp³-hybridized carbons (Fsp3) is 0.370. The van der Waals surface area contributed by atoms with Gasteiger partial charge in [-0.2, -0.15) is 0 Å². The van der Waals surface area contributed by atoms with E-state index in [0.29, 0.717) is 36.6 Å². The van der Waals surface area contributed by atoms with Gasteiger partial charge in [-0.3, -0.25) is 14.7 Å². The topological polar surface area (TPSA) is 75.9 Å². The Hall–Kier alpha value is -3.45. The Labute approximate surface area is 199 Å². The monoisotopic (exact) mass is 461 g/mol. The zero-order chi connectivity index (χ0) is 24.1. The Bertz CT molecular complexity index is 1230. The van der Waals surface area contributed by atoms with E-state index in [-0.39, 0.29) is 12.3 Å². The van der Waals surface area contributed by atoms with Gasteiger partial charge in [-0.05, 0) is 49.2 Å². The van der Waals surface area contributed by atoms with Crippen molar-refractivity contribution >= 4 is 16.9 Å². The maximum Gasteiger partial charge on any atom is 0.340 e. The highest BCUT2D eigenvalue weighted by Crippen LogP contribution is 2.25. The van der Waals surface area contributed by atoms with Gasteiger partial charge < -0.3 is 14.1 Å². The SMILES string of the molecule is C=C(C)COc1ccc2c(C)c(CC(=O)N3CCN(CCc4ccccn4)CC3)c(=O)oc2c1. The summed E-state index contributed by atoms with van der Waals surface area (Å²) in [4.78, 5) is 34.3. The molecule has 1 saturated heterocycles. The van der Waals surface area contributed by atoms with Crippen LogP contribution < -0.4 is 10.4 Å². The first-order valence-corrected chi connectivity index (χ1v) is 11.6. The molecule has 3 aromatic rings. The van der Waals surface area contributed by atoms with Gasteiger partial charge >= 0.3 is 5.63 Å². The molecule has 0 atom stereocenters. The molecule has 1 aromatic carbocycles. The van der Waals surface area contributed by atoms with E-state index in [9.17, 15) is 9.59 Å². The first kappa shape index (κ1) is 23.7. The van der Waals surface area contributed by atoms with E-state index in [1.165, 1.54) is 0 Å². The van der Waals surface area contributed by atoms with Gasteiger partial charge in [-0.25, -0.2) is 4.79 Å². The molecule has 1 aliphatic heterocycles. The number of amides is 1. The number of aryl methyl sites for hydroxylation is 1. The van der Waals surface area contributed by atoms with E-state index in [1.54, 1.807) is 6.07 Å². The third-order valence-electron chi connectivity index (χ3n) is 6.21. The summed E-state index contributed by atoms with van der Waals surface area (Å²) in [5, 5.41) is 0.810. The Morgan fingerprint density at radius 1 is 1.18 bits per heavy atom. The molecule has 7 heteroatoms. The summed E-state index contributed by atoms with van der Waals surface area (Å²) in [5.41, 5.74) is 3.17. The maximum atomic E-state index is 13.0. The summed E-state index contributed by atoms with van der Waals surface area (Å²) in [7, 11) is 0. The molecule has 0 radical (unpaired) electrons. The fourth-order valence-electron chi connectivity index (χ4n) is 4.18. The largest absolute Gasteiger partial charge is 0.489 e. The standard InChI is InChI=1S/C27H31N3O4/c1-19(2)18-33-22-7-8-23-20(3)24(27(32)34-25(23)16-22)17-26(31)30-14-12-29(13-15-30)11-9-21-6-4-5-10-28-21/h4-8,10,16H,1,9,11-15,17-18H2,2-3H3. The van der Waals surface area contributed by atoms with Crippen LogP contribution in [-0.2, 0) is 17.6 Å². The average Bonchev–Trinajstić information content (AvgIpc) is 2.84. The molecule has 34 heavy (non-hydrogen) atoms. The molecule has 0 N–H and O–H groups in total. The number of benzene rings is 1. The molecule has 0 saturated carbocycles. The Kier molecular flexibility index (Phi) is 7.43.